The number of benzene rings is 3. The van der Waals surface area contributed by atoms with Crippen LogP contribution in [-0.4, -0.2) is 13.0 Å². The number of furan rings is 1. The summed E-state index contributed by atoms with van der Waals surface area (Å²) < 4.78 is 11.0. The van der Waals surface area contributed by atoms with Gasteiger partial charge >= 0.3 is 0 Å². The summed E-state index contributed by atoms with van der Waals surface area (Å²) in [5.41, 5.74) is 2.86. The topological polar surface area (TPSA) is 51.5 Å². The average molecular weight is 317 g/mol. The van der Waals surface area contributed by atoms with E-state index in [1.807, 2.05) is 54.6 Å². The van der Waals surface area contributed by atoms with E-state index < -0.39 is 0 Å². The number of methoxy groups -OCH3 is 1. The Labute approximate surface area is 138 Å². The van der Waals surface area contributed by atoms with E-state index in [2.05, 4.69) is 5.32 Å². The van der Waals surface area contributed by atoms with E-state index >= 15 is 0 Å². The first-order chi connectivity index (χ1) is 11.7. The van der Waals surface area contributed by atoms with Crippen LogP contribution in [0.5, 0.6) is 5.75 Å². The molecule has 0 saturated carbocycles. The predicted molar refractivity (Wildman–Crippen MR) is 94.7 cm³/mol. The summed E-state index contributed by atoms with van der Waals surface area (Å²) in [7, 11) is 1.60. The number of nitrogens with one attached hydrogen (secondary N) is 1. The third-order valence-corrected chi connectivity index (χ3v) is 3.97. The lowest BCUT2D eigenvalue weighted by molar-refractivity contribution is 0.102. The van der Waals surface area contributed by atoms with Gasteiger partial charge in [-0.05, 0) is 36.4 Å². The van der Waals surface area contributed by atoms with Gasteiger partial charge in [-0.2, -0.15) is 0 Å². The van der Waals surface area contributed by atoms with Gasteiger partial charge in [-0.3, -0.25) is 4.79 Å². The molecule has 0 fully saturated rings. The molecule has 0 bridgehead atoms. The van der Waals surface area contributed by atoms with Crippen molar-refractivity contribution >= 4 is 33.5 Å². The Morgan fingerprint density at radius 2 is 1.75 bits per heavy atom. The Kier molecular flexibility index (Phi) is 3.43. The average Bonchev–Trinajstić information content (AvgIpc) is 2.99. The highest BCUT2D eigenvalue weighted by molar-refractivity contribution is 6.10. The van der Waals surface area contributed by atoms with E-state index in [1.165, 1.54) is 0 Å². The van der Waals surface area contributed by atoms with Crippen LogP contribution in [0.4, 0.5) is 5.69 Å². The minimum absolute atomic E-state index is 0.171. The molecule has 0 atom stereocenters. The molecule has 1 aromatic heterocycles. The highest BCUT2D eigenvalue weighted by Crippen LogP contribution is 2.29. The number of carbonyl (C=O) groups excluding carboxylic acids is 1. The van der Waals surface area contributed by atoms with Gasteiger partial charge in [-0.1, -0.05) is 24.3 Å². The number of hydrogen-bond acceptors (Lipinski definition) is 3. The van der Waals surface area contributed by atoms with Gasteiger partial charge in [0.25, 0.3) is 5.91 Å². The second kappa shape index (κ2) is 5.74. The Morgan fingerprint density at radius 3 is 2.62 bits per heavy atom. The molecule has 0 aliphatic carbocycles. The number of rotatable bonds is 3. The molecule has 0 unspecified atom stereocenters. The molecule has 24 heavy (non-hydrogen) atoms. The molecule has 0 radical (unpaired) electrons. The molecule has 4 rings (SSSR count). The fraction of sp³-hybridized carbons (Fsp3) is 0.0500. The molecule has 0 saturated heterocycles. The van der Waals surface area contributed by atoms with Gasteiger partial charge in [0.2, 0.25) is 0 Å². The summed E-state index contributed by atoms with van der Waals surface area (Å²) in [4.78, 5) is 12.5. The Morgan fingerprint density at radius 1 is 0.917 bits per heavy atom. The second-order valence-electron chi connectivity index (χ2n) is 5.50. The third-order valence-electron chi connectivity index (χ3n) is 3.97. The lowest BCUT2D eigenvalue weighted by Gasteiger charge is -2.07. The van der Waals surface area contributed by atoms with Crippen molar-refractivity contribution in [2.75, 3.05) is 12.4 Å². The van der Waals surface area contributed by atoms with Crippen molar-refractivity contribution in [1.82, 2.24) is 0 Å². The standard InChI is InChI=1S/C20H15NO3/c1-23-15-6-4-5-14(12-15)21-20(22)13-9-10-19-17(11-13)16-7-2-3-8-18(16)24-19/h2-12H,1H3,(H,21,22). The molecule has 118 valence electrons. The van der Waals surface area contributed by atoms with Crippen molar-refractivity contribution in [1.29, 1.82) is 0 Å². The summed E-state index contributed by atoms with van der Waals surface area (Å²) in [5.74, 6) is 0.527. The predicted octanol–water partition coefficient (Wildman–Crippen LogP) is 4.85. The van der Waals surface area contributed by atoms with Gasteiger partial charge in [0, 0.05) is 28.1 Å². The maximum absolute atomic E-state index is 12.5. The molecule has 4 heteroatoms. The first-order valence-electron chi connectivity index (χ1n) is 7.61. The molecule has 0 spiro atoms. The normalized spacial score (nSPS) is 10.9. The lowest BCUT2D eigenvalue weighted by Crippen LogP contribution is -2.11. The molecule has 1 N–H and O–H groups in total. The van der Waals surface area contributed by atoms with Gasteiger partial charge in [0.15, 0.2) is 0 Å². The summed E-state index contributed by atoms with van der Waals surface area (Å²) in [6.07, 6.45) is 0. The zero-order valence-electron chi connectivity index (χ0n) is 13.1. The molecule has 3 aromatic carbocycles. The fourth-order valence-corrected chi connectivity index (χ4v) is 2.77. The number of anilines is 1. The van der Waals surface area contributed by atoms with Gasteiger partial charge in [-0.15, -0.1) is 0 Å². The monoisotopic (exact) mass is 317 g/mol. The van der Waals surface area contributed by atoms with Crippen molar-refractivity contribution in [3.05, 3.63) is 72.3 Å². The van der Waals surface area contributed by atoms with Crippen LogP contribution in [0.3, 0.4) is 0 Å². The Hall–Kier alpha value is -3.27. The number of amides is 1. The zero-order valence-corrected chi connectivity index (χ0v) is 13.1. The first kappa shape index (κ1) is 14.3. The van der Waals surface area contributed by atoms with Crippen LogP contribution in [0.25, 0.3) is 21.9 Å². The van der Waals surface area contributed by atoms with Crippen molar-refractivity contribution in [2.45, 2.75) is 0 Å². The van der Waals surface area contributed by atoms with E-state index in [1.54, 1.807) is 19.2 Å². The fourth-order valence-electron chi connectivity index (χ4n) is 2.77. The van der Waals surface area contributed by atoms with Crippen molar-refractivity contribution in [2.24, 2.45) is 0 Å². The van der Waals surface area contributed by atoms with Crippen molar-refractivity contribution in [3.8, 4) is 5.75 Å². The van der Waals surface area contributed by atoms with Crippen LogP contribution in [0.15, 0.2) is 71.1 Å². The molecular weight excluding hydrogens is 302 g/mol. The highest BCUT2D eigenvalue weighted by atomic mass is 16.5. The van der Waals surface area contributed by atoms with Crippen molar-refractivity contribution < 1.29 is 13.9 Å². The van der Waals surface area contributed by atoms with Gasteiger partial charge in [-0.25, -0.2) is 0 Å². The quantitative estimate of drug-likeness (QED) is 0.588. The summed E-state index contributed by atoms with van der Waals surface area (Å²) in [5, 5.41) is 4.83. The minimum atomic E-state index is -0.171. The van der Waals surface area contributed by atoms with Crippen LogP contribution >= 0.6 is 0 Å². The molecule has 1 amide bonds. The molecule has 1 heterocycles. The Bertz CT molecular complexity index is 1050. The maximum atomic E-state index is 12.5. The second-order valence-corrected chi connectivity index (χ2v) is 5.50. The largest absolute Gasteiger partial charge is 0.497 e. The number of para-hydroxylation sites is 1. The maximum Gasteiger partial charge on any atom is 0.255 e. The first-order valence-corrected chi connectivity index (χ1v) is 7.61. The van der Waals surface area contributed by atoms with Gasteiger partial charge < -0.3 is 14.5 Å². The molecule has 0 aliphatic rings. The molecule has 4 nitrogen and oxygen atoms in total. The van der Waals surface area contributed by atoms with Crippen LogP contribution < -0.4 is 10.1 Å². The number of ether oxygens (including phenoxy) is 1. The van der Waals surface area contributed by atoms with Crippen LogP contribution in [0.1, 0.15) is 10.4 Å². The lowest BCUT2D eigenvalue weighted by atomic mass is 10.1. The van der Waals surface area contributed by atoms with Crippen molar-refractivity contribution in [3.63, 3.8) is 0 Å². The van der Waals surface area contributed by atoms with Crippen LogP contribution in [0, 0.1) is 0 Å². The minimum Gasteiger partial charge on any atom is -0.497 e. The van der Waals surface area contributed by atoms with Crippen LogP contribution in [0.2, 0.25) is 0 Å². The van der Waals surface area contributed by atoms with E-state index in [0.29, 0.717) is 17.0 Å². The van der Waals surface area contributed by atoms with E-state index in [0.717, 1.165) is 21.9 Å². The van der Waals surface area contributed by atoms with Gasteiger partial charge in [0.05, 0.1) is 7.11 Å². The van der Waals surface area contributed by atoms with Crippen LogP contribution in [-0.2, 0) is 0 Å². The third kappa shape index (κ3) is 2.48. The highest BCUT2D eigenvalue weighted by Gasteiger charge is 2.11. The molecule has 0 aliphatic heterocycles. The number of carbonyl (C=O) groups is 1. The van der Waals surface area contributed by atoms with E-state index in [-0.39, 0.29) is 5.91 Å². The van der Waals surface area contributed by atoms with Gasteiger partial charge in [0.1, 0.15) is 16.9 Å². The number of hydrogen-bond donors (Lipinski definition) is 1. The van der Waals surface area contributed by atoms with E-state index in [9.17, 15) is 4.79 Å². The smallest absolute Gasteiger partial charge is 0.255 e. The summed E-state index contributed by atoms with van der Waals surface area (Å²) in [6, 6.07) is 20.5. The van der Waals surface area contributed by atoms with E-state index in [4.69, 9.17) is 9.15 Å². The summed E-state index contributed by atoms with van der Waals surface area (Å²) >= 11 is 0. The molecule has 4 aromatic rings. The Balaban J connectivity index is 1.70. The number of fused-ring (bicyclic) bond motifs is 3. The molecular formula is C20H15NO3. The summed E-state index contributed by atoms with van der Waals surface area (Å²) in [6.45, 7) is 0. The zero-order chi connectivity index (χ0) is 16.5. The SMILES string of the molecule is COc1cccc(NC(=O)c2ccc3oc4ccccc4c3c2)c1.